The first-order chi connectivity index (χ1) is 8.97. The number of amides is 1. The minimum atomic E-state index is -1.21. The fraction of sp³-hybridized carbons (Fsp3) is 0.273. The molecule has 0 saturated heterocycles. The minimum Gasteiger partial charge on any atom is -0.469 e. The van der Waals surface area contributed by atoms with Crippen LogP contribution in [-0.4, -0.2) is 30.6 Å². The van der Waals surface area contributed by atoms with Crippen molar-refractivity contribution in [2.24, 2.45) is 0 Å². The predicted molar refractivity (Wildman–Crippen MR) is 63.4 cm³/mol. The first-order valence-electron chi connectivity index (χ1n) is 5.18. The molecule has 0 aliphatic rings. The Bertz CT molecular complexity index is 518. The number of nitrogens with one attached hydrogen (secondary N) is 1. The van der Waals surface area contributed by atoms with Gasteiger partial charge in [-0.05, 0) is 12.1 Å². The largest absolute Gasteiger partial charge is 0.469 e. The average Bonchev–Trinajstić information content (AvgIpc) is 2.38. The number of halogens is 1. The molecule has 1 rings (SSSR count). The van der Waals surface area contributed by atoms with Crippen LogP contribution in [-0.2, 0) is 20.7 Å². The van der Waals surface area contributed by atoms with E-state index in [1.54, 1.807) is 0 Å². The van der Waals surface area contributed by atoms with E-state index in [1.807, 2.05) is 0 Å². The summed E-state index contributed by atoms with van der Waals surface area (Å²) in [7, 11) is 1.16. The normalized spacial score (nSPS) is 9.79. The van der Waals surface area contributed by atoms with Gasteiger partial charge >= 0.3 is 5.97 Å². The summed E-state index contributed by atoms with van der Waals surface area (Å²) in [5.74, 6) is -1.53. The minimum absolute atomic E-state index is 0.0773. The van der Waals surface area contributed by atoms with Crippen LogP contribution in [0.2, 0.25) is 0 Å². The summed E-state index contributed by atoms with van der Waals surface area (Å²) < 4.78 is 16.5. The van der Waals surface area contributed by atoms with Gasteiger partial charge in [-0.15, -0.1) is 0 Å². The van der Waals surface area contributed by atoms with Gasteiger partial charge in [0, 0.05) is 17.3 Å². The number of nitro benzene ring substituents is 1. The SMILES string of the molecule is COC(=O)Cc1cc(NC(=O)CF)ccc1[N+](=O)[O-]. The number of methoxy groups -OCH3 is 1. The van der Waals surface area contributed by atoms with Gasteiger partial charge < -0.3 is 10.1 Å². The molecule has 7 nitrogen and oxygen atoms in total. The van der Waals surface area contributed by atoms with Crippen molar-refractivity contribution in [1.29, 1.82) is 0 Å². The van der Waals surface area contributed by atoms with Crippen molar-refractivity contribution < 1.29 is 23.6 Å². The molecule has 0 radical (unpaired) electrons. The number of carbonyl (C=O) groups excluding carboxylic acids is 2. The highest BCUT2D eigenvalue weighted by Gasteiger charge is 2.17. The number of esters is 1. The number of alkyl halides is 1. The molecule has 0 saturated carbocycles. The van der Waals surface area contributed by atoms with E-state index in [-0.39, 0.29) is 23.4 Å². The average molecular weight is 270 g/mol. The summed E-state index contributed by atoms with van der Waals surface area (Å²) >= 11 is 0. The molecule has 102 valence electrons. The molecule has 1 aromatic carbocycles. The summed E-state index contributed by atoms with van der Waals surface area (Å²) in [6, 6.07) is 3.63. The van der Waals surface area contributed by atoms with Gasteiger partial charge in [0.15, 0.2) is 6.67 Å². The van der Waals surface area contributed by atoms with Crippen molar-refractivity contribution in [3.63, 3.8) is 0 Å². The first-order valence-corrected chi connectivity index (χ1v) is 5.18. The lowest BCUT2D eigenvalue weighted by molar-refractivity contribution is -0.385. The molecule has 0 fully saturated rings. The lowest BCUT2D eigenvalue weighted by atomic mass is 10.1. The molecular formula is C11H11FN2O5. The molecule has 1 amide bonds. The number of carbonyl (C=O) groups is 2. The van der Waals surface area contributed by atoms with E-state index >= 15 is 0 Å². The van der Waals surface area contributed by atoms with E-state index in [0.717, 1.165) is 13.2 Å². The van der Waals surface area contributed by atoms with Gasteiger partial charge in [0.25, 0.3) is 11.6 Å². The Kier molecular flexibility index (Phi) is 4.92. The third-order valence-corrected chi connectivity index (χ3v) is 2.24. The standard InChI is InChI=1S/C11H11FN2O5/c1-19-11(16)5-7-4-8(13-10(15)6-12)2-3-9(7)14(17)18/h2-4H,5-6H2,1H3,(H,13,15). The molecule has 0 atom stereocenters. The zero-order valence-corrected chi connectivity index (χ0v) is 10.0. The lowest BCUT2D eigenvalue weighted by Gasteiger charge is -2.06. The molecular weight excluding hydrogens is 259 g/mol. The smallest absolute Gasteiger partial charge is 0.310 e. The van der Waals surface area contributed by atoms with E-state index in [9.17, 15) is 24.1 Å². The van der Waals surface area contributed by atoms with E-state index in [0.29, 0.717) is 0 Å². The van der Waals surface area contributed by atoms with Gasteiger partial charge in [0.1, 0.15) is 0 Å². The van der Waals surface area contributed by atoms with Gasteiger partial charge in [-0.3, -0.25) is 19.7 Å². The molecule has 1 N–H and O–H groups in total. The molecule has 1 aromatic rings. The van der Waals surface area contributed by atoms with Crippen molar-refractivity contribution >= 4 is 23.3 Å². The van der Waals surface area contributed by atoms with Crippen molar-refractivity contribution in [3.05, 3.63) is 33.9 Å². The number of hydrogen-bond acceptors (Lipinski definition) is 5. The Balaban J connectivity index is 3.07. The number of nitro groups is 1. The zero-order chi connectivity index (χ0) is 14.4. The van der Waals surface area contributed by atoms with Crippen LogP contribution >= 0.6 is 0 Å². The molecule has 8 heteroatoms. The molecule has 0 aliphatic heterocycles. The summed E-state index contributed by atoms with van der Waals surface area (Å²) in [6.45, 7) is -1.21. The Morgan fingerprint density at radius 2 is 2.16 bits per heavy atom. The van der Waals surface area contributed by atoms with Crippen LogP contribution in [0.4, 0.5) is 15.8 Å². The van der Waals surface area contributed by atoms with Gasteiger partial charge in [-0.1, -0.05) is 0 Å². The van der Waals surface area contributed by atoms with Gasteiger partial charge in [-0.2, -0.15) is 0 Å². The van der Waals surface area contributed by atoms with Gasteiger partial charge in [0.05, 0.1) is 18.5 Å². The Morgan fingerprint density at radius 3 is 2.68 bits per heavy atom. The molecule has 19 heavy (non-hydrogen) atoms. The van der Waals surface area contributed by atoms with Gasteiger partial charge in [-0.25, -0.2) is 4.39 Å². The van der Waals surface area contributed by atoms with Crippen LogP contribution < -0.4 is 5.32 Å². The maximum Gasteiger partial charge on any atom is 0.310 e. The number of ether oxygens (including phenoxy) is 1. The van der Waals surface area contributed by atoms with Crippen LogP contribution in [0.5, 0.6) is 0 Å². The van der Waals surface area contributed by atoms with Crippen molar-refractivity contribution in [2.45, 2.75) is 6.42 Å². The highest BCUT2D eigenvalue weighted by molar-refractivity contribution is 5.92. The highest BCUT2D eigenvalue weighted by atomic mass is 19.1. The number of nitrogens with zero attached hydrogens (tertiary/aromatic N) is 1. The van der Waals surface area contributed by atoms with Crippen LogP contribution in [0.3, 0.4) is 0 Å². The third kappa shape index (κ3) is 4.02. The summed E-state index contributed by atoms with van der Waals surface area (Å²) in [6.07, 6.45) is -0.313. The summed E-state index contributed by atoms with van der Waals surface area (Å²) in [5, 5.41) is 13.0. The fourth-order valence-electron chi connectivity index (χ4n) is 1.41. The maximum absolute atomic E-state index is 12.1. The molecule has 0 aliphatic carbocycles. The molecule has 0 aromatic heterocycles. The van der Waals surface area contributed by atoms with Crippen molar-refractivity contribution in [2.75, 3.05) is 19.1 Å². The van der Waals surface area contributed by atoms with E-state index in [1.165, 1.54) is 12.1 Å². The Hall–Kier alpha value is -2.51. The number of anilines is 1. The molecule has 0 heterocycles. The van der Waals surface area contributed by atoms with Crippen molar-refractivity contribution in [1.82, 2.24) is 0 Å². The van der Waals surface area contributed by atoms with E-state index in [4.69, 9.17) is 0 Å². The van der Waals surface area contributed by atoms with Crippen LogP contribution in [0.1, 0.15) is 5.56 Å². The van der Waals surface area contributed by atoms with Crippen LogP contribution in [0, 0.1) is 10.1 Å². The van der Waals surface area contributed by atoms with E-state index < -0.39 is 23.5 Å². The second kappa shape index (κ2) is 6.43. The number of rotatable bonds is 5. The highest BCUT2D eigenvalue weighted by Crippen LogP contribution is 2.23. The third-order valence-electron chi connectivity index (χ3n) is 2.24. The predicted octanol–water partition coefficient (Wildman–Crippen LogP) is 1.22. The number of hydrogen-bond donors (Lipinski definition) is 1. The topological polar surface area (TPSA) is 98.5 Å². The van der Waals surface area contributed by atoms with Crippen LogP contribution in [0.25, 0.3) is 0 Å². The Labute approximate surface area is 107 Å². The lowest BCUT2D eigenvalue weighted by Crippen LogP contribution is -2.14. The Morgan fingerprint density at radius 1 is 1.47 bits per heavy atom. The maximum atomic E-state index is 12.1. The summed E-state index contributed by atoms with van der Waals surface area (Å²) in [5.41, 5.74) is -0.0238. The van der Waals surface area contributed by atoms with Crippen LogP contribution in [0.15, 0.2) is 18.2 Å². The second-order valence-corrected chi connectivity index (χ2v) is 3.54. The first kappa shape index (κ1) is 14.6. The van der Waals surface area contributed by atoms with E-state index in [2.05, 4.69) is 10.1 Å². The number of benzene rings is 1. The van der Waals surface area contributed by atoms with Gasteiger partial charge in [0.2, 0.25) is 0 Å². The molecule has 0 unspecified atom stereocenters. The zero-order valence-electron chi connectivity index (χ0n) is 10.0. The summed E-state index contributed by atoms with van der Waals surface area (Å²) in [4.78, 5) is 32.2. The molecule has 0 bridgehead atoms. The second-order valence-electron chi connectivity index (χ2n) is 3.54. The quantitative estimate of drug-likeness (QED) is 0.492. The fourth-order valence-corrected chi connectivity index (χ4v) is 1.41. The monoisotopic (exact) mass is 270 g/mol. The van der Waals surface area contributed by atoms with Crippen molar-refractivity contribution in [3.8, 4) is 0 Å². The molecule has 0 spiro atoms.